The highest BCUT2D eigenvalue weighted by Gasteiger charge is 2.10. The molecule has 2 rings (SSSR count). The largest absolute Gasteiger partial charge is 0.477 e. The first-order valence-corrected chi connectivity index (χ1v) is 6.63. The van der Waals surface area contributed by atoms with Crippen LogP contribution in [0.5, 0.6) is 0 Å². The molecule has 5 nitrogen and oxygen atoms in total. The number of carbonyl (C=O) groups is 1. The average Bonchev–Trinajstić information content (AvgIpc) is 2.42. The van der Waals surface area contributed by atoms with Crippen molar-refractivity contribution in [3.8, 4) is 0 Å². The molecule has 0 amide bonds. The summed E-state index contributed by atoms with van der Waals surface area (Å²) in [5.74, 6) is -1.04. The molecule has 3 N–H and O–H groups in total. The summed E-state index contributed by atoms with van der Waals surface area (Å²) in [5.41, 5.74) is 1.45. The zero-order valence-corrected chi connectivity index (χ0v) is 11.3. The maximum absolute atomic E-state index is 11.1. The van der Waals surface area contributed by atoms with E-state index in [1.165, 1.54) is 0 Å². The molecule has 0 aliphatic carbocycles. The van der Waals surface area contributed by atoms with Gasteiger partial charge < -0.3 is 15.5 Å². The number of anilines is 1. The van der Waals surface area contributed by atoms with Crippen LogP contribution < -0.4 is 5.32 Å². The van der Waals surface area contributed by atoms with Gasteiger partial charge in [0.2, 0.25) is 0 Å². The van der Waals surface area contributed by atoms with Crippen molar-refractivity contribution in [3.05, 3.63) is 36.0 Å². The zero-order chi connectivity index (χ0) is 14.5. The molecule has 1 unspecified atom stereocenters. The summed E-state index contributed by atoms with van der Waals surface area (Å²) in [7, 11) is 0. The van der Waals surface area contributed by atoms with Gasteiger partial charge in [0.15, 0.2) is 5.69 Å². The van der Waals surface area contributed by atoms with Crippen molar-refractivity contribution in [1.29, 1.82) is 0 Å². The summed E-state index contributed by atoms with van der Waals surface area (Å²) < 4.78 is 0. The number of rotatable bonds is 6. The number of aliphatic hydroxyl groups excluding tert-OH is 1. The fourth-order valence-electron chi connectivity index (χ4n) is 2.05. The van der Waals surface area contributed by atoms with Crippen LogP contribution >= 0.6 is 0 Å². The van der Waals surface area contributed by atoms with E-state index in [0.29, 0.717) is 18.5 Å². The Morgan fingerprint density at radius 3 is 2.85 bits per heavy atom. The van der Waals surface area contributed by atoms with Crippen LogP contribution in [0.3, 0.4) is 0 Å². The lowest BCUT2D eigenvalue weighted by Gasteiger charge is -2.11. The Morgan fingerprint density at radius 1 is 1.40 bits per heavy atom. The van der Waals surface area contributed by atoms with Crippen LogP contribution in [0.15, 0.2) is 30.3 Å². The predicted octanol–water partition coefficient (Wildman–Crippen LogP) is 2.51. The van der Waals surface area contributed by atoms with Crippen LogP contribution in [0.25, 0.3) is 10.9 Å². The number of pyridine rings is 1. The van der Waals surface area contributed by atoms with Gasteiger partial charge in [0, 0.05) is 17.6 Å². The second-order valence-corrected chi connectivity index (χ2v) is 4.80. The van der Waals surface area contributed by atoms with E-state index in [1.807, 2.05) is 18.2 Å². The first kappa shape index (κ1) is 14.3. The number of hydrogen-bond acceptors (Lipinski definition) is 4. The van der Waals surface area contributed by atoms with Gasteiger partial charge in [-0.1, -0.05) is 18.2 Å². The number of carboxylic acid groups (broad SMARTS) is 1. The van der Waals surface area contributed by atoms with E-state index in [1.54, 1.807) is 19.1 Å². The number of nitrogens with one attached hydrogen (secondary N) is 1. The SMILES string of the molecule is CC(O)CCCNc1cc(C(=O)O)nc2ccccc12. The number of aromatic carboxylic acids is 1. The van der Waals surface area contributed by atoms with Crippen LogP contribution in [-0.2, 0) is 0 Å². The maximum atomic E-state index is 11.1. The fourth-order valence-corrected chi connectivity index (χ4v) is 2.05. The number of fused-ring (bicyclic) bond motifs is 1. The first-order valence-electron chi connectivity index (χ1n) is 6.63. The van der Waals surface area contributed by atoms with Gasteiger partial charge in [-0.3, -0.25) is 0 Å². The molecule has 0 aliphatic rings. The molecule has 0 saturated heterocycles. The van der Waals surface area contributed by atoms with Gasteiger partial charge in [-0.05, 0) is 31.9 Å². The molecule has 1 atom stereocenters. The number of aliphatic hydroxyl groups is 1. The normalized spacial score (nSPS) is 12.3. The van der Waals surface area contributed by atoms with Crippen LogP contribution in [0.4, 0.5) is 5.69 Å². The molecule has 5 heteroatoms. The van der Waals surface area contributed by atoms with E-state index in [0.717, 1.165) is 17.5 Å². The minimum absolute atomic E-state index is 0.0294. The molecule has 0 fully saturated rings. The molecule has 106 valence electrons. The van der Waals surface area contributed by atoms with Gasteiger partial charge in [-0.15, -0.1) is 0 Å². The molecule has 1 aromatic heterocycles. The van der Waals surface area contributed by atoms with Crippen LogP contribution in [0.2, 0.25) is 0 Å². The molecular weight excluding hydrogens is 256 g/mol. The van der Waals surface area contributed by atoms with Crippen molar-refractivity contribution in [1.82, 2.24) is 4.98 Å². The van der Waals surface area contributed by atoms with Crippen LogP contribution in [0.1, 0.15) is 30.3 Å². The second kappa shape index (κ2) is 6.34. The Labute approximate surface area is 117 Å². The molecule has 2 aromatic rings. The average molecular weight is 274 g/mol. The van der Waals surface area contributed by atoms with Crippen molar-refractivity contribution in [2.45, 2.75) is 25.9 Å². The van der Waals surface area contributed by atoms with Crippen molar-refractivity contribution in [2.24, 2.45) is 0 Å². The molecule has 0 spiro atoms. The summed E-state index contributed by atoms with van der Waals surface area (Å²) in [5, 5.41) is 22.4. The number of aromatic nitrogens is 1. The number of para-hydroxylation sites is 1. The van der Waals surface area contributed by atoms with E-state index in [9.17, 15) is 9.90 Å². The Balaban J connectivity index is 2.23. The third kappa shape index (κ3) is 3.45. The lowest BCUT2D eigenvalue weighted by atomic mass is 10.1. The van der Waals surface area contributed by atoms with Gasteiger partial charge in [0.1, 0.15) is 0 Å². The maximum Gasteiger partial charge on any atom is 0.354 e. The predicted molar refractivity (Wildman–Crippen MR) is 78.1 cm³/mol. The molecule has 0 radical (unpaired) electrons. The van der Waals surface area contributed by atoms with Crippen molar-refractivity contribution >= 4 is 22.6 Å². The summed E-state index contributed by atoms with van der Waals surface area (Å²) in [6.07, 6.45) is 1.21. The number of carboxylic acids is 1. The van der Waals surface area contributed by atoms with Gasteiger partial charge in [0.25, 0.3) is 0 Å². The zero-order valence-electron chi connectivity index (χ0n) is 11.3. The van der Waals surface area contributed by atoms with E-state index >= 15 is 0 Å². The Kier molecular flexibility index (Phi) is 4.53. The number of hydrogen-bond donors (Lipinski definition) is 3. The molecule has 1 aromatic carbocycles. The monoisotopic (exact) mass is 274 g/mol. The molecule has 0 aliphatic heterocycles. The van der Waals surface area contributed by atoms with Crippen molar-refractivity contribution < 1.29 is 15.0 Å². The third-order valence-electron chi connectivity index (χ3n) is 3.05. The molecule has 0 saturated carbocycles. The van der Waals surface area contributed by atoms with Gasteiger partial charge in [-0.25, -0.2) is 9.78 Å². The molecule has 20 heavy (non-hydrogen) atoms. The molecular formula is C15H18N2O3. The van der Waals surface area contributed by atoms with Gasteiger partial charge in [0.05, 0.1) is 11.6 Å². The topological polar surface area (TPSA) is 82.5 Å². The van der Waals surface area contributed by atoms with E-state index in [2.05, 4.69) is 10.3 Å². The van der Waals surface area contributed by atoms with Crippen molar-refractivity contribution in [3.63, 3.8) is 0 Å². The van der Waals surface area contributed by atoms with Crippen LogP contribution in [-0.4, -0.2) is 33.8 Å². The summed E-state index contributed by atoms with van der Waals surface area (Å²) in [4.78, 5) is 15.2. The lowest BCUT2D eigenvalue weighted by molar-refractivity contribution is 0.0691. The molecule has 1 heterocycles. The highest BCUT2D eigenvalue weighted by atomic mass is 16.4. The lowest BCUT2D eigenvalue weighted by Crippen LogP contribution is -2.08. The fraction of sp³-hybridized carbons (Fsp3) is 0.333. The third-order valence-corrected chi connectivity index (χ3v) is 3.05. The Bertz CT molecular complexity index is 611. The smallest absolute Gasteiger partial charge is 0.354 e. The van der Waals surface area contributed by atoms with Crippen molar-refractivity contribution in [2.75, 3.05) is 11.9 Å². The van der Waals surface area contributed by atoms with Gasteiger partial charge >= 0.3 is 5.97 Å². The Hall–Kier alpha value is -2.14. The first-order chi connectivity index (χ1) is 9.58. The van der Waals surface area contributed by atoms with E-state index in [-0.39, 0.29) is 11.8 Å². The minimum atomic E-state index is -1.04. The highest BCUT2D eigenvalue weighted by Crippen LogP contribution is 2.23. The summed E-state index contributed by atoms with van der Waals surface area (Å²) in [6.45, 7) is 2.43. The number of benzene rings is 1. The molecule has 0 bridgehead atoms. The minimum Gasteiger partial charge on any atom is -0.477 e. The van der Waals surface area contributed by atoms with E-state index in [4.69, 9.17) is 5.11 Å². The highest BCUT2D eigenvalue weighted by molar-refractivity contribution is 5.97. The van der Waals surface area contributed by atoms with Crippen LogP contribution in [0, 0.1) is 0 Å². The van der Waals surface area contributed by atoms with Gasteiger partial charge in [-0.2, -0.15) is 0 Å². The standard InChI is InChI=1S/C15H18N2O3/c1-10(18)5-4-8-16-13-9-14(15(19)20)17-12-7-3-2-6-11(12)13/h2-3,6-7,9-10,18H,4-5,8H2,1H3,(H,16,17)(H,19,20). The number of nitrogens with zero attached hydrogens (tertiary/aromatic N) is 1. The quantitative estimate of drug-likeness (QED) is 0.705. The summed E-state index contributed by atoms with van der Waals surface area (Å²) in [6, 6.07) is 8.98. The second-order valence-electron chi connectivity index (χ2n) is 4.80. The Morgan fingerprint density at radius 2 is 2.15 bits per heavy atom. The van der Waals surface area contributed by atoms with E-state index < -0.39 is 5.97 Å². The summed E-state index contributed by atoms with van der Waals surface area (Å²) >= 11 is 0.